The molecule has 0 unspecified atom stereocenters. The van der Waals surface area contributed by atoms with Crippen LogP contribution in [0.25, 0.3) is 0 Å². The summed E-state index contributed by atoms with van der Waals surface area (Å²) in [5.41, 5.74) is 5.98. The van der Waals surface area contributed by atoms with E-state index in [1.54, 1.807) is 6.07 Å². The first-order chi connectivity index (χ1) is 9.56. The van der Waals surface area contributed by atoms with Crippen LogP contribution in [0.2, 0.25) is 0 Å². The predicted octanol–water partition coefficient (Wildman–Crippen LogP) is 1.39. The third-order valence-electron chi connectivity index (χ3n) is 3.78. The fraction of sp³-hybridized carbons (Fsp3) is 0.538. The Kier molecular flexibility index (Phi) is 4.98. The van der Waals surface area contributed by atoms with Crippen LogP contribution in [0.1, 0.15) is 25.7 Å². The second-order valence-corrected chi connectivity index (χ2v) is 6.91. The summed E-state index contributed by atoms with van der Waals surface area (Å²) in [6.45, 7) is 0.125. The molecule has 0 amide bonds. The molecule has 0 radical (unpaired) electrons. The molecule has 1 fully saturated rings. The van der Waals surface area contributed by atoms with Gasteiger partial charge in [-0.3, -0.25) is 0 Å². The van der Waals surface area contributed by atoms with E-state index in [9.17, 15) is 8.42 Å². The van der Waals surface area contributed by atoms with E-state index in [1.165, 1.54) is 12.1 Å². The van der Waals surface area contributed by atoms with Crippen molar-refractivity contribution in [3.63, 3.8) is 0 Å². The van der Waals surface area contributed by atoms with Crippen molar-refractivity contribution in [2.45, 2.75) is 42.7 Å². The molecule has 1 aliphatic heterocycles. The summed E-state index contributed by atoms with van der Waals surface area (Å²) >= 11 is 0. The molecule has 3 N–H and O–H groups in total. The van der Waals surface area contributed by atoms with Gasteiger partial charge in [-0.15, -0.1) is 12.4 Å². The second-order valence-electron chi connectivity index (χ2n) is 5.19. The van der Waals surface area contributed by atoms with Gasteiger partial charge in [-0.2, -0.15) is 0 Å². The molecule has 0 spiro atoms. The number of sulfonamides is 1. The fourth-order valence-corrected chi connectivity index (χ4v) is 3.95. The molecule has 3 rings (SSSR count). The second kappa shape index (κ2) is 6.39. The quantitative estimate of drug-likeness (QED) is 0.871. The third kappa shape index (κ3) is 3.42. The molecular weight excluding hydrogens is 316 g/mol. The van der Waals surface area contributed by atoms with Crippen molar-refractivity contribution < 1.29 is 17.9 Å². The molecule has 1 aromatic rings. The standard InChI is InChI=1S/C13H18N2O4S.ClH/c14-10-3-1-2-4-11(10)15-20(16,17)9-5-6-12-13(7-9)19-8-18-12;/h5-7,10-11,15H,1-4,8,14H2;1H/t10-,11-;/m1./s1. The Balaban J connectivity index is 0.00000161. The lowest BCUT2D eigenvalue weighted by Gasteiger charge is -2.29. The molecule has 1 aromatic carbocycles. The van der Waals surface area contributed by atoms with Gasteiger partial charge < -0.3 is 15.2 Å². The van der Waals surface area contributed by atoms with Crippen LogP contribution in [0, 0.1) is 0 Å². The van der Waals surface area contributed by atoms with Gasteiger partial charge in [0, 0.05) is 18.2 Å². The third-order valence-corrected chi connectivity index (χ3v) is 5.27. The number of hydrogen-bond donors (Lipinski definition) is 2. The van der Waals surface area contributed by atoms with Crippen LogP contribution in [-0.2, 0) is 10.0 Å². The summed E-state index contributed by atoms with van der Waals surface area (Å²) in [7, 11) is -3.58. The average molecular weight is 335 g/mol. The summed E-state index contributed by atoms with van der Waals surface area (Å²) in [6.07, 6.45) is 3.70. The highest BCUT2D eigenvalue weighted by molar-refractivity contribution is 7.89. The maximum atomic E-state index is 12.4. The summed E-state index contributed by atoms with van der Waals surface area (Å²) in [5, 5.41) is 0. The van der Waals surface area contributed by atoms with Crippen molar-refractivity contribution in [3.05, 3.63) is 18.2 Å². The minimum atomic E-state index is -3.58. The van der Waals surface area contributed by atoms with E-state index in [0.29, 0.717) is 11.5 Å². The van der Waals surface area contributed by atoms with Crippen LogP contribution in [0.4, 0.5) is 0 Å². The largest absolute Gasteiger partial charge is 0.454 e. The van der Waals surface area contributed by atoms with E-state index in [-0.39, 0.29) is 36.2 Å². The first-order valence-electron chi connectivity index (χ1n) is 6.74. The molecule has 1 aliphatic carbocycles. The number of benzene rings is 1. The van der Waals surface area contributed by atoms with Crippen LogP contribution >= 0.6 is 12.4 Å². The van der Waals surface area contributed by atoms with E-state index < -0.39 is 10.0 Å². The lowest BCUT2D eigenvalue weighted by molar-refractivity contribution is 0.174. The molecule has 118 valence electrons. The zero-order valence-electron chi connectivity index (χ0n) is 11.4. The topological polar surface area (TPSA) is 90.7 Å². The van der Waals surface area contributed by atoms with Gasteiger partial charge in [0.15, 0.2) is 11.5 Å². The van der Waals surface area contributed by atoms with Gasteiger partial charge in [-0.1, -0.05) is 12.8 Å². The van der Waals surface area contributed by atoms with Gasteiger partial charge in [0.05, 0.1) is 4.90 Å². The molecule has 1 heterocycles. The zero-order chi connectivity index (χ0) is 14.2. The molecule has 2 atom stereocenters. The Morgan fingerprint density at radius 2 is 1.86 bits per heavy atom. The lowest BCUT2D eigenvalue weighted by atomic mass is 9.92. The number of rotatable bonds is 3. The lowest BCUT2D eigenvalue weighted by Crippen LogP contribution is -2.49. The number of fused-ring (bicyclic) bond motifs is 1. The van der Waals surface area contributed by atoms with E-state index >= 15 is 0 Å². The van der Waals surface area contributed by atoms with Crippen molar-refractivity contribution >= 4 is 22.4 Å². The van der Waals surface area contributed by atoms with Gasteiger partial charge in [0.2, 0.25) is 16.8 Å². The molecule has 2 aliphatic rings. The summed E-state index contributed by atoms with van der Waals surface area (Å²) in [4.78, 5) is 0.180. The highest BCUT2D eigenvalue weighted by atomic mass is 35.5. The summed E-state index contributed by atoms with van der Waals surface area (Å²) in [6, 6.07) is 4.30. The normalized spacial score (nSPS) is 24.4. The molecule has 0 saturated heterocycles. The smallest absolute Gasteiger partial charge is 0.241 e. The van der Waals surface area contributed by atoms with E-state index in [2.05, 4.69) is 4.72 Å². The molecule has 1 saturated carbocycles. The van der Waals surface area contributed by atoms with Crippen molar-refractivity contribution in [1.82, 2.24) is 4.72 Å². The Morgan fingerprint density at radius 3 is 2.62 bits per heavy atom. The molecule has 0 aromatic heterocycles. The minimum Gasteiger partial charge on any atom is -0.454 e. The van der Waals surface area contributed by atoms with Gasteiger partial charge in [-0.25, -0.2) is 13.1 Å². The maximum Gasteiger partial charge on any atom is 0.241 e. The van der Waals surface area contributed by atoms with E-state index in [1.807, 2.05) is 0 Å². The Morgan fingerprint density at radius 1 is 1.14 bits per heavy atom. The molecule has 21 heavy (non-hydrogen) atoms. The molecular formula is C13H19ClN2O4S. The van der Waals surface area contributed by atoms with Gasteiger partial charge in [-0.05, 0) is 25.0 Å². The van der Waals surface area contributed by atoms with Crippen molar-refractivity contribution in [1.29, 1.82) is 0 Å². The first kappa shape index (κ1) is 16.4. The molecule has 8 heteroatoms. The van der Waals surface area contributed by atoms with Crippen LogP contribution in [0.15, 0.2) is 23.1 Å². The van der Waals surface area contributed by atoms with Crippen molar-refractivity contribution in [2.75, 3.05) is 6.79 Å². The van der Waals surface area contributed by atoms with Gasteiger partial charge >= 0.3 is 0 Å². The summed E-state index contributed by atoms with van der Waals surface area (Å²) < 4.78 is 37.9. The highest BCUT2D eigenvalue weighted by Crippen LogP contribution is 2.34. The summed E-state index contributed by atoms with van der Waals surface area (Å²) in [5.74, 6) is 1.03. The van der Waals surface area contributed by atoms with Crippen molar-refractivity contribution in [2.24, 2.45) is 5.73 Å². The van der Waals surface area contributed by atoms with E-state index in [4.69, 9.17) is 15.2 Å². The Hall–Kier alpha value is -1.02. The van der Waals surface area contributed by atoms with Crippen LogP contribution in [0.5, 0.6) is 11.5 Å². The average Bonchev–Trinajstić information content (AvgIpc) is 2.88. The molecule has 0 bridgehead atoms. The van der Waals surface area contributed by atoms with Gasteiger partial charge in [0.25, 0.3) is 0 Å². The van der Waals surface area contributed by atoms with Crippen LogP contribution in [-0.4, -0.2) is 27.3 Å². The minimum absolute atomic E-state index is 0. The highest BCUT2D eigenvalue weighted by Gasteiger charge is 2.28. The Labute approximate surface area is 130 Å². The van der Waals surface area contributed by atoms with Crippen molar-refractivity contribution in [3.8, 4) is 11.5 Å². The zero-order valence-corrected chi connectivity index (χ0v) is 13.1. The number of hydrogen-bond acceptors (Lipinski definition) is 5. The van der Waals surface area contributed by atoms with Crippen LogP contribution < -0.4 is 19.9 Å². The Bertz CT molecular complexity index is 608. The number of nitrogens with one attached hydrogen (secondary N) is 1. The fourth-order valence-electron chi connectivity index (χ4n) is 2.62. The first-order valence-corrected chi connectivity index (χ1v) is 8.22. The van der Waals surface area contributed by atoms with Gasteiger partial charge in [0.1, 0.15) is 0 Å². The molecule has 6 nitrogen and oxygen atoms in total. The number of halogens is 1. The predicted molar refractivity (Wildman–Crippen MR) is 80.4 cm³/mol. The number of nitrogens with two attached hydrogens (primary N) is 1. The monoisotopic (exact) mass is 334 g/mol. The van der Waals surface area contributed by atoms with Crippen LogP contribution in [0.3, 0.4) is 0 Å². The SMILES string of the molecule is Cl.N[C@@H]1CCCC[C@H]1NS(=O)(=O)c1ccc2c(c1)OCO2. The number of ether oxygens (including phenoxy) is 2. The maximum absolute atomic E-state index is 12.4. The van der Waals surface area contributed by atoms with E-state index in [0.717, 1.165) is 25.7 Å².